The lowest BCUT2D eigenvalue weighted by Gasteiger charge is -2.05. The topological polar surface area (TPSA) is 63.6 Å². The van der Waals surface area contributed by atoms with Gasteiger partial charge in [-0.05, 0) is 44.1 Å². The first-order valence-corrected chi connectivity index (χ1v) is 7.60. The van der Waals surface area contributed by atoms with Crippen LogP contribution >= 0.6 is 0 Å². The molecule has 0 heterocycles. The number of carbonyl (C=O) groups is 2. The molecule has 0 fully saturated rings. The molecule has 0 aromatic heterocycles. The average molecular weight is 292 g/mol. The summed E-state index contributed by atoms with van der Waals surface area (Å²) >= 11 is 0. The standard InChI is InChI=1S/C17H24O4/c18-16(19)12-6-7-13-17(20)21-14-8-2-5-11-15-9-3-1-4-10-15/h1,3-4,9-10H,2,5-8,11-14H2,(H,18,19). The summed E-state index contributed by atoms with van der Waals surface area (Å²) in [5.41, 5.74) is 1.34. The number of benzene rings is 1. The maximum Gasteiger partial charge on any atom is 0.305 e. The van der Waals surface area contributed by atoms with Gasteiger partial charge in [0.2, 0.25) is 0 Å². The van der Waals surface area contributed by atoms with E-state index in [1.54, 1.807) is 0 Å². The number of rotatable bonds is 11. The molecular weight excluding hydrogens is 268 g/mol. The third kappa shape index (κ3) is 9.66. The molecule has 0 aliphatic carbocycles. The maximum atomic E-state index is 11.4. The third-order valence-corrected chi connectivity index (χ3v) is 3.24. The van der Waals surface area contributed by atoms with E-state index in [2.05, 4.69) is 12.1 Å². The molecule has 0 amide bonds. The van der Waals surface area contributed by atoms with Crippen LogP contribution in [0.15, 0.2) is 30.3 Å². The van der Waals surface area contributed by atoms with Crippen molar-refractivity contribution in [2.45, 2.75) is 51.4 Å². The predicted molar refractivity (Wildman–Crippen MR) is 81.1 cm³/mol. The molecule has 1 aromatic carbocycles. The number of unbranched alkanes of at least 4 members (excludes halogenated alkanes) is 3. The minimum atomic E-state index is -0.818. The van der Waals surface area contributed by atoms with Gasteiger partial charge in [-0.1, -0.05) is 30.3 Å². The van der Waals surface area contributed by atoms with Crippen LogP contribution in [0.5, 0.6) is 0 Å². The molecule has 4 heteroatoms. The number of hydrogen-bond donors (Lipinski definition) is 1. The van der Waals surface area contributed by atoms with Crippen molar-refractivity contribution in [2.24, 2.45) is 0 Å². The van der Waals surface area contributed by atoms with Crippen LogP contribution in [-0.2, 0) is 20.7 Å². The fourth-order valence-electron chi connectivity index (χ4n) is 2.06. The van der Waals surface area contributed by atoms with Crippen LogP contribution in [0.2, 0.25) is 0 Å². The molecule has 21 heavy (non-hydrogen) atoms. The fraction of sp³-hybridized carbons (Fsp3) is 0.529. The zero-order valence-corrected chi connectivity index (χ0v) is 12.4. The summed E-state index contributed by atoms with van der Waals surface area (Å²) in [4.78, 5) is 21.7. The van der Waals surface area contributed by atoms with Gasteiger partial charge in [0, 0.05) is 12.8 Å². The summed E-state index contributed by atoms with van der Waals surface area (Å²) < 4.78 is 5.11. The molecule has 0 radical (unpaired) electrons. The highest BCUT2D eigenvalue weighted by Crippen LogP contribution is 2.07. The van der Waals surface area contributed by atoms with E-state index in [1.807, 2.05) is 18.2 Å². The fourth-order valence-corrected chi connectivity index (χ4v) is 2.06. The predicted octanol–water partition coefficient (Wildman–Crippen LogP) is 3.59. The van der Waals surface area contributed by atoms with E-state index < -0.39 is 5.97 Å². The van der Waals surface area contributed by atoms with Gasteiger partial charge in [0.25, 0.3) is 0 Å². The van der Waals surface area contributed by atoms with E-state index in [0.29, 0.717) is 25.9 Å². The number of carbonyl (C=O) groups excluding carboxylic acids is 1. The first-order valence-electron chi connectivity index (χ1n) is 7.60. The first kappa shape index (κ1) is 17.2. The van der Waals surface area contributed by atoms with Gasteiger partial charge in [0.1, 0.15) is 0 Å². The van der Waals surface area contributed by atoms with E-state index in [4.69, 9.17) is 9.84 Å². The van der Waals surface area contributed by atoms with E-state index in [9.17, 15) is 9.59 Å². The van der Waals surface area contributed by atoms with Crippen LogP contribution in [0.3, 0.4) is 0 Å². The summed E-state index contributed by atoms with van der Waals surface area (Å²) in [5, 5.41) is 8.47. The Labute approximate surface area is 126 Å². The Kier molecular flexibility index (Phi) is 8.93. The smallest absolute Gasteiger partial charge is 0.305 e. The summed E-state index contributed by atoms with van der Waals surface area (Å²) in [6, 6.07) is 10.3. The number of carboxylic acids is 1. The summed E-state index contributed by atoms with van der Waals surface area (Å²) in [7, 11) is 0. The van der Waals surface area contributed by atoms with Crippen LogP contribution in [0.1, 0.15) is 50.5 Å². The van der Waals surface area contributed by atoms with Gasteiger partial charge in [-0.2, -0.15) is 0 Å². The lowest BCUT2D eigenvalue weighted by Crippen LogP contribution is -2.06. The maximum absolute atomic E-state index is 11.4. The molecule has 0 unspecified atom stereocenters. The molecule has 1 N–H and O–H groups in total. The normalized spacial score (nSPS) is 10.3. The number of hydrogen-bond acceptors (Lipinski definition) is 3. The van der Waals surface area contributed by atoms with Gasteiger partial charge in [-0.25, -0.2) is 0 Å². The summed E-state index contributed by atoms with van der Waals surface area (Å²) in [6.07, 6.45) is 5.63. The highest BCUT2D eigenvalue weighted by Gasteiger charge is 2.04. The van der Waals surface area contributed by atoms with Gasteiger partial charge in [0.05, 0.1) is 6.61 Å². The van der Waals surface area contributed by atoms with Crippen LogP contribution in [0.25, 0.3) is 0 Å². The highest BCUT2D eigenvalue weighted by molar-refractivity contribution is 5.69. The van der Waals surface area contributed by atoms with Gasteiger partial charge in [-0.15, -0.1) is 0 Å². The number of aryl methyl sites for hydroxylation is 1. The zero-order valence-electron chi connectivity index (χ0n) is 12.4. The van der Waals surface area contributed by atoms with E-state index in [1.165, 1.54) is 5.56 Å². The molecule has 116 valence electrons. The molecule has 0 aliphatic heterocycles. The van der Waals surface area contributed by atoms with Crippen molar-refractivity contribution in [2.75, 3.05) is 6.61 Å². The number of carboxylic acid groups (broad SMARTS) is 1. The highest BCUT2D eigenvalue weighted by atomic mass is 16.5. The molecule has 1 rings (SSSR count). The average Bonchev–Trinajstić information content (AvgIpc) is 2.48. The van der Waals surface area contributed by atoms with E-state index in [-0.39, 0.29) is 12.4 Å². The zero-order chi connectivity index (χ0) is 15.3. The van der Waals surface area contributed by atoms with Crippen molar-refractivity contribution in [3.63, 3.8) is 0 Å². The number of aliphatic carboxylic acids is 1. The van der Waals surface area contributed by atoms with E-state index >= 15 is 0 Å². The summed E-state index contributed by atoms with van der Waals surface area (Å²) in [6.45, 7) is 0.465. The molecule has 4 nitrogen and oxygen atoms in total. The van der Waals surface area contributed by atoms with Crippen LogP contribution in [0, 0.1) is 0 Å². The van der Waals surface area contributed by atoms with Crippen molar-refractivity contribution in [3.8, 4) is 0 Å². The number of ether oxygens (including phenoxy) is 1. The molecule has 0 atom stereocenters. The Balaban J connectivity index is 1.91. The van der Waals surface area contributed by atoms with Gasteiger partial charge < -0.3 is 9.84 Å². The van der Waals surface area contributed by atoms with Gasteiger partial charge in [0.15, 0.2) is 0 Å². The Morgan fingerprint density at radius 1 is 0.905 bits per heavy atom. The Morgan fingerprint density at radius 3 is 2.33 bits per heavy atom. The van der Waals surface area contributed by atoms with Gasteiger partial charge in [-0.3, -0.25) is 9.59 Å². The lowest BCUT2D eigenvalue weighted by molar-refractivity contribution is -0.144. The first-order chi connectivity index (χ1) is 10.2. The second-order valence-corrected chi connectivity index (χ2v) is 5.12. The van der Waals surface area contributed by atoms with Crippen LogP contribution in [-0.4, -0.2) is 23.7 Å². The minimum Gasteiger partial charge on any atom is -0.481 e. The second kappa shape index (κ2) is 10.9. The van der Waals surface area contributed by atoms with Crippen molar-refractivity contribution in [1.82, 2.24) is 0 Å². The van der Waals surface area contributed by atoms with Crippen molar-refractivity contribution in [3.05, 3.63) is 35.9 Å². The van der Waals surface area contributed by atoms with Crippen molar-refractivity contribution >= 4 is 11.9 Å². The van der Waals surface area contributed by atoms with E-state index in [0.717, 1.165) is 25.7 Å². The lowest BCUT2D eigenvalue weighted by atomic mass is 10.1. The number of esters is 1. The molecule has 0 saturated heterocycles. The molecule has 1 aromatic rings. The monoisotopic (exact) mass is 292 g/mol. The summed E-state index contributed by atoms with van der Waals surface area (Å²) in [5.74, 6) is -1.04. The van der Waals surface area contributed by atoms with Crippen molar-refractivity contribution < 1.29 is 19.4 Å². The Hall–Kier alpha value is -1.84. The van der Waals surface area contributed by atoms with Crippen LogP contribution in [0.4, 0.5) is 0 Å². The minimum absolute atomic E-state index is 0.118. The quantitative estimate of drug-likeness (QED) is 0.500. The Bertz CT molecular complexity index is 414. The molecular formula is C17H24O4. The van der Waals surface area contributed by atoms with Gasteiger partial charge >= 0.3 is 11.9 Å². The van der Waals surface area contributed by atoms with Crippen molar-refractivity contribution in [1.29, 1.82) is 0 Å². The largest absolute Gasteiger partial charge is 0.481 e. The second-order valence-electron chi connectivity index (χ2n) is 5.12. The third-order valence-electron chi connectivity index (χ3n) is 3.24. The SMILES string of the molecule is O=C(O)CCCCC(=O)OCCCCCc1ccccc1. The molecule has 0 saturated carbocycles. The van der Waals surface area contributed by atoms with Crippen LogP contribution < -0.4 is 0 Å². The Morgan fingerprint density at radius 2 is 1.62 bits per heavy atom. The molecule has 0 bridgehead atoms. The molecule has 0 spiro atoms. The molecule has 0 aliphatic rings.